The van der Waals surface area contributed by atoms with Gasteiger partial charge in [-0.2, -0.15) is 0 Å². The molecule has 2 heterocycles. The fourth-order valence-corrected chi connectivity index (χ4v) is 3.40. The van der Waals surface area contributed by atoms with Gasteiger partial charge in [0, 0.05) is 24.2 Å². The normalized spacial score (nSPS) is 20.9. The van der Waals surface area contributed by atoms with Crippen LogP contribution in [-0.4, -0.2) is 38.2 Å². The summed E-state index contributed by atoms with van der Waals surface area (Å²) in [6.45, 7) is 8.22. The van der Waals surface area contributed by atoms with Crippen molar-refractivity contribution in [3.63, 3.8) is 0 Å². The highest BCUT2D eigenvalue weighted by atomic mass is 16.5. The highest BCUT2D eigenvalue weighted by Gasteiger charge is 2.41. The van der Waals surface area contributed by atoms with Gasteiger partial charge in [0.15, 0.2) is 0 Å². The maximum absolute atomic E-state index is 5.38. The van der Waals surface area contributed by atoms with Crippen molar-refractivity contribution >= 4 is 5.69 Å². The number of nitrogens with one attached hydrogen (secondary N) is 1. The van der Waals surface area contributed by atoms with Gasteiger partial charge in [-0.05, 0) is 49.7 Å². The molecule has 1 N–H and O–H groups in total. The van der Waals surface area contributed by atoms with Crippen LogP contribution >= 0.6 is 0 Å². The summed E-state index contributed by atoms with van der Waals surface area (Å²) in [5, 5.41) is 3.56. The second kappa shape index (κ2) is 4.89. The molecule has 19 heavy (non-hydrogen) atoms. The number of ether oxygens (including phenoxy) is 1. The zero-order valence-electron chi connectivity index (χ0n) is 11.6. The molecule has 1 saturated heterocycles. The van der Waals surface area contributed by atoms with Crippen LogP contribution in [0.1, 0.15) is 18.4 Å². The van der Waals surface area contributed by atoms with Gasteiger partial charge < -0.3 is 10.1 Å². The number of likely N-dealkylation sites (tertiary alicyclic amines) is 1. The minimum atomic E-state index is 0.307. The quantitative estimate of drug-likeness (QED) is 0.844. The van der Waals surface area contributed by atoms with E-state index in [-0.39, 0.29) is 0 Å². The topological polar surface area (TPSA) is 24.5 Å². The Bertz CT molecular complexity index is 476. The van der Waals surface area contributed by atoms with Gasteiger partial charge in [0.1, 0.15) is 5.75 Å². The van der Waals surface area contributed by atoms with Crippen LogP contribution < -0.4 is 10.1 Å². The summed E-state index contributed by atoms with van der Waals surface area (Å²) in [5.41, 5.74) is 3.05. The second-order valence-electron chi connectivity index (χ2n) is 5.63. The summed E-state index contributed by atoms with van der Waals surface area (Å²) in [5.74, 6) is 0.968. The summed E-state index contributed by atoms with van der Waals surface area (Å²) >= 11 is 0. The number of methoxy groups -OCH3 is 1. The SMILES string of the molecule is C=CCN1CCC2(CC1)CNc1ccc(OC)cc12. The molecule has 0 radical (unpaired) electrons. The third-order valence-electron chi connectivity index (χ3n) is 4.62. The molecule has 0 atom stereocenters. The first-order chi connectivity index (χ1) is 9.27. The number of hydrogen-bond acceptors (Lipinski definition) is 3. The smallest absolute Gasteiger partial charge is 0.119 e. The van der Waals surface area contributed by atoms with E-state index in [2.05, 4.69) is 28.9 Å². The number of anilines is 1. The average molecular weight is 258 g/mol. The lowest BCUT2D eigenvalue weighted by Gasteiger charge is -2.39. The largest absolute Gasteiger partial charge is 0.497 e. The molecule has 0 unspecified atom stereocenters. The zero-order chi connectivity index (χ0) is 13.3. The van der Waals surface area contributed by atoms with Gasteiger partial charge in [-0.3, -0.25) is 4.90 Å². The first kappa shape index (κ1) is 12.5. The highest BCUT2D eigenvalue weighted by molar-refractivity contribution is 5.62. The molecule has 2 aliphatic rings. The number of hydrogen-bond donors (Lipinski definition) is 1. The summed E-state index contributed by atoms with van der Waals surface area (Å²) in [6.07, 6.45) is 4.43. The standard InChI is InChI=1S/C16H22N2O/c1-3-8-18-9-6-16(7-10-18)12-17-15-5-4-13(19-2)11-14(15)16/h3-5,11,17H,1,6-10,12H2,2H3. The summed E-state index contributed by atoms with van der Waals surface area (Å²) in [4.78, 5) is 2.48. The Balaban J connectivity index is 1.83. The van der Waals surface area contributed by atoms with E-state index in [9.17, 15) is 0 Å². The molecule has 0 aromatic heterocycles. The number of benzene rings is 1. The summed E-state index contributed by atoms with van der Waals surface area (Å²) in [6, 6.07) is 6.41. The van der Waals surface area contributed by atoms with Crippen LogP contribution in [0.3, 0.4) is 0 Å². The maximum atomic E-state index is 5.38. The lowest BCUT2D eigenvalue weighted by atomic mass is 9.74. The fraction of sp³-hybridized carbons (Fsp3) is 0.500. The number of nitrogens with zero attached hydrogens (tertiary/aromatic N) is 1. The van der Waals surface area contributed by atoms with Gasteiger partial charge in [0.25, 0.3) is 0 Å². The Morgan fingerprint density at radius 2 is 2.21 bits per heavy atom. The third kappa shape index (κ3) is 2.12. The van der Waals surface area contributed by atoms with Crippen LogP contribution in [0.15, 0.2) is 30.9 Å². The molecule has 3 rings (SSSR count). The Hall–Kier alpha value is -1.48. The predicted octanol–water partition coefficient (Wildman–Crippen LogP) is 2.64. The molecule has 3 heteroatoms. The van der Waals surface area contributed by atoms with Crippen molar-refractivity contribution in [1.82, 2.24) is 4.90 Å². The average Bonchev–Trinajstić information content (AvgIpc) is 2.80. The van der Waals surface area contributed by atoms with E-state index in [1.54, 1.807) is 7.11 Å². The lowest BCUT2D eigenvalue weighted by Crippen LogP contribution is -2.43. The van der Waals surface area contributed by atoms with Gasteiger partial charge in [0.05, 0.1) is 7.11 Å². The van der Waals surface area contributed by atoms with E-state index in [0.717, 1.165) is 31.9 Å². The van der Waals surface area contributed by atoms with Crippen LogP contribution in [0.4, 0.5) is 5.69 Å². The molecular weight excluding hydrogens is 236 g/mol. The summed E-state index contributed by atoms with van der Waals surface area (Å²) < 4.78 is 5.38. The molecule has 1 spiro atoms. The van der Waals surface area contributed by atoms with Crippen molar-refractivity contribution in [2.45, 2.75) is 18.3 Å². The monoisotopic (exact) mass is 258 g/mol. The van der Waals surface area contributed by atoms with E-state index >= 15 is 0 Å². The van der Waals surface area contributed by atoms with Crippen LogP contribution in [0.2, 0.25) is 0 Å². The minimum Gasteiger partial charge on any atom is -0.497 e. The predicted molar refractivity (Wildman–Crippen MR) is 79.0 cm³/mol. The minimum absolute atomic E-state index is 0.307. The molecule has 1 aromatic rings. The van der Waals surface area contributed by atoms with Gasteiger partial charge in [-0.1, -0.05) is 6.08 Å². The fourth-order valence-electron chi connectivity index (χ4n) is 3.40. The first-order valence-corrected chi connectivity index (χ1v) is 7.03. The van der Waals surface area contributed by atoms with Crippen molar-refractivity contribution in [2.75, 3.05) is 38.6 Å². The maximum Gasteiger partial charge on any atom is 0.119 e. The number of fused-ring (bicyclic) bond motifs is 2. The van der Waals surface area contributed by atoms with E-state index in [1.165, 1.54) is 24.1 Å². The molecule has 2 aliphatic heterocycles. The Morgan fingerprint density at radius 1 is 1.42 bits per heavy atom. The number of rotatable bonds is 3. The van der Waals surface area contributed by atoms with E-state index in [1.807, 2.05) is 12.1 Å². The Kier molecular flexibility index (Phi) is 3.23. The van der Waals surface area contributed by atoms with Crippen LogP contribution in [0, 0.1) is 0 Å². The first-order valence-electron chi connectivity index (χ1n) is 7.03. The third-order valence-corrected chi connectivity index (χ3v) is 4.62. The second-order valence-corrected chi connectivity index (χ2v) is 5.63. The van der Waals surface area contributed by atoms with Gasteiger partial charge in [-0.25, -0.2) is 0 Å². The summed E-state index contributed by atoms with van der Waals surface area (Å²) in [7, 11) is 1.74. The Labute approximate surface area is 115 Å². The van der Waals surface area contributed by atoms with Gasteiger partial charge >= 0.3 is 0 Å². The molecule has 1 aromatic carbocycles. The van der Waals surface area contributed by atoms with Crippen molar-refractivity contribution in [2.24, 2.45) is 0 Å². The van der Waals surface area contributed by atoms with Crippen molar-refractivity contribution in [3.05, 3.63) is 36.4 Å². The van der Waals surface area contributed by atoms with Crippen LogP contribution in [0.25, 0.3) is 0 Å². The molecule has 3 nitrogen and oxygen atoms in total. The number of piperidine rings is 1. The molecular formula is C16H22N2O. The van der Waals surface area contributed by atoms with Crippen molar-refractivity contribution in [3.8, 4) is 5.75 Å². The van der Waals surface area contributed by atoms with Gasteiger partial charge in [-0.15, -0.1) is 6.58 Å². The van der Waals surface area contributed by atoms with Crippen molar-refractivity contribution in [1.29, 1.82) is 0 Å². The van der Waals surface area contributed by atoms with Crippen molar-refractivity contribution < 1.29 is 4.74 Å². The molecule has 0 aliphatic carbocycles. The van der Waals surface area contributed by atoms with E-state index in [4.69, 9.17) is 4.74 Å². The van der Waals surface area contributed by atoms with Crippen LogP contribution in [0.5, 0.6) is 5.75 Å². The Morgan fingerprint density at radius 3 is 2.89 bits per heavy atom. The zero-order valence-corrected chi connectivity index (χ0v) is 11.6. The van der Waals surface area contributed by atoms with E-state index < -0.39 is 0 Å². The van der Waals surface area contributed by atoms with E-state index in [0.29, 0.717) is 5.41 Å². The molecule has 0 bridgehead atoms. The molecule has 1 fully saturated rings. The molecule has 102 valence electrons. The van der Waals surface area contributed by atoms with Gasteiger partial charge in [0.2, 0.25) is 0 Å². The lowest BCUT2D eigenvalue weighted by molar-refractivity contribution is 0.183. The highest BCUT2D eigenvalue weighted by Crippen LogP contribution is 2.45. The van der Waals surface area contributed by atoms with Crippen LogP contribution in [-0.2, 0) is 5.41 Å². The molecule has 0 saturated carbocycles. The molecule has 0 amide bonds.